The number of phenols is 1. The maximum absolute atomic E-state index is 13.3. The molecule has 3 amide bonds. The van der Waals surface area contributed by atoms with Gasteiger partial charge in [0.25, 0.3) is 0 Å². The molecule has 2 aromatic carbocycles. The highest BCUT2D eigenvalue weighted by Gasteiger charge is 2.40. The number of phenolic OH excluding ortho intramolecular Hbond substituents is 1. The van der Waals surface area contributed by atoms with Crippen LogP contribution in [0.4, 0.5) is 0 Å². The van der Waals surface area contributed by atoms with Crippen LogP contribution in [0, 0.1) is 0 Å². The smallest absolute Gasteiger partial charge is 0.327 e. The molecule has 1 fully saturated rings. The Labute approximate surface area is 228 Å². The van der Waals surface area contributed by atoms with E-state index in [1.54, 1.807) is 50.2 Å². The molecule has 1 aliphatic rings. The van der Waals surface area contributed by atoms with E-state index in [1.807, 2.05) is 6.07 Å². The van der Waals surface area contributed by atoms with Crippen molar-refractivity contribution in [3.8, 4) is 5.75 Å². The van der Waals surface area contributed by atoms with Crippen LogP contribution in [0.2, 0.25) is 0 Å². The van der Waals surface area contributed by atoms with Gasteiger partial charge in [-0.3, -0.25) is 14.4 Å². The molecule has 0 bridgehead atoms. The van der Waals surface area contributed by atoms with Gasteiger partial charge in [0.2, 0.25) is 17.7 Å². The van der Waals surface area contributed by atoms with Gasteiger partial charge >= 0.3 is 5.97 Å². The summed E-state index contributed by atoms with van der Waals surface area (Å²) in [5.74, 6) is -2.74. The highest BCUT2D eigenvalue weighted by atomic mass is 33.1. The number of aliphatic carboxylic acids is 1. The van der Waals surface area contributed by atoms with Crippen molar-refractivity contribution in [2.45, 2.75) is 55.6 Å². The number of hydrogen-bond acceptors (Lipinski definition) is 8. The number of carbonyl (C=O) groups excluding carboxylic acids is 3. The highest BCUT2D eigenvalue weighted by molar-refractivity contribution is 8.77. The third-order valence-corrected chi connectivity index (χ3v) is 9.32. The minimum absolute atomic E-state index is 0.0950. The van der Waals surface area contributed by atoms with E-state index in [0.29, 0.717) is 0 Å². The van der Waals surface area contributed by atoms with Crippen molar-refractivity contribution in [1.29, 1.82) is 0 Å². The van der Waals surface area contributed by atoms with Crippen LogP contribution in [0.5, 0.6) is 5.75 Å². The molecule has 38 heavy (non-hydrogen) atoms. The van der Waals surface area contributed by atoms with Crippen LogP contribution in [0.15, 0.2) is 54.6 Å². The van der Waals surface area contributed by atoms with Gasteiger partial charge in [-0.15, -0.1) is 0 Å². The molecule has 0 saturated carbocycles. The van der Waals surface area contributed by atoms with Gasteiger partial charge in [0.05, 0.1) is 10.8 Å². The van der Waals surface area contributed by atoms with Gasteiger partial charge < -0.3 is 31.9 Å². The van der Waals surface area contributed by atoms with Crippen LogP contribution in [0.25, 0.3) is 0 Å². The predicted octanol–water partition coefficient (Wildman–Crippen LogP) is 1.22. The molecule has 3 rings (SSSR count). The van der Waals surface area contributed by atoms with Crippen molar-refractivity contribution in [1.82, 2.24) is 16.0 Å². The fourth-order valence-corrected chi connectivity index (χ4v) is 6.66. The first-order chi connectivity index (χ1) is 18.0. The van der Waals surface area contributed by atoms with Gasteiger partial charge in [-0.05, 0) is 43.5 Å². The van der Waals surface area contributed by atoms with Crippen LogP contribution < -0.4 is 21.7 Å². The van der Waals surface area contributed by atoms with Crippen LogP contribution in [0.1, 0.15) is 25.0 Å². The van der Waals surface area contributed by atoms with Gasteiger partial charge in [0.15, 0.2) is 0 Å². The number of carbonyl (C=O) groups is 4. The lowest BCUT2D eigenvalue weighted by Gasteiger charge is -2.31. The molecule has 1 saturated heterocycles. The lowest BCUT2D eigenvalue weighted by molar-refractivity contribution is -0.143. The van der Waals surface area contributed by atoms with E-state index >= 15 is 0 Å². The molecule has 10 nitrogen and oxygen atoms in total. The number of carboxylic acids is 1. The molecule has 7 N–H and O–H groups in total. The Hall–Kier alpha value is -3.22. The molecule has 204 valence electrons. The Kier molecular flexibility index (Phi) is 10.1. The number of aromatic hydroxyl groups is 1. The largest absolute Gasteiger partial charge is 0.508 e. The highest BCUT2D eigenvalue weighted by Crippen LogP contribution is 2.39. The number of nitrogens with two attached hydrogens (primary N) is 1. The summed E-state index contributed by atoms with van der Waals surface area (Å²) in [6, 6.07) is 11.1. The topological polar surface area (TPSA) is 171 Å². The molecule has 1 heterocycles. The second-order valence-electron chi connectivity index (χ2n) is 9.54. The Morgan fingerprint density at radius 1 is 1.05 bits per heavy atom. The van der Waals surface area contributed by atoms with Crippen LogP contribution in [0.3, 0.4) is 0 Å². The number of hydrogen-bond donors (Lipinski definition) is 6. The zero-order valence-electron chi connectivity index (χ0n) is 21.0. The van der Waals surface area contributed by atoms with Crippen molar-refractivity contribution < 1.29 is 29.4 Å². The number of nitrogens with one attached hydrogen (secondary N) is 3. The van der Waals surface area contributed by atoms with E-state index < -0.39 is 52.6 Å². The van der Waals surface area contributed by atoms with Crippen LogP contribution in [-0.2, 0) is 32.0 Å². The fraction of sp³-hybridized carbons (Fsp3) is 0.385. The first-order valence-corrected chi connectivity index (χ1v) is 14.3. The Morgan fingerprint density at radius 3 is 2.34 bits per heavy atom. The zero-order chi connectivity index (χ0) is 27.9. The summed E-state index contributed by atoms with van der Waals surface area (Å²) in [4.78, 5) is 51.5. The predicted molar refractivity (Wildman–Crippen MR) is 147 cm³/mol. The van der Waals surface area contributed by atoms with Crippen molar-refractivity contribution >= 4 is 45.3 Å². The first-order valence-electron chi connectivity index (χ1n) is 12.0. The molecule has 1 aliphatic heterocycles. The summed E-state index contributed by atoms with van der Waals surface area (Å²) in [5.41, 5.74) is 7.61. The normalized spacial score (nSPS) is 22.8. The summed E-state index contributed by atoms with van der Waals surface area (Å²) < 4.78 is -0.930. The van der Waals surface area contributed by atoms with E-state index in [1.165, 1.54) is 33.7 Å². The number of carboxylic acid groups (broad SMARTS) is 1. The van der Waals surface area contributed by atoms with Crippen molar-refractivity contribution in [3.63, 3.8) is 0 Å². The number of rotatable bonds is 7. The van der Waals surface area contributed by atoms with Crippen LogP contribution in [-0.4, -0.2) is 68.6 Å². The molecule has 0 aromatic heterocycles. The summed E-state index contributed by atoms with van der Waals surface area (Å²) in [6.07, 6.45) is 0.321. The zero-order valence-corrected chi connectivity index (χ0v) is 22.7. The average Bonchev–Trinajstić information content (AvgIpc) is 2.88. The minimum Gasteiger partial charge on any atom is -0.508 e. The van der Waals surface area contributed by atoms with E-state index in [2.05, 4.69) is 16.0 Å². The lowest BCUT2D eigenvalue weighted by Crippen LogP contribution is -2.59. The molecule has 2 aromatic rings. The fourth-order valence-electron chi connectivity index (χ4n) is 3.85. The van der Waals surface area contributed by atoms with E-state index in [9.17, 15) is 29.4 Å². The van der Waals surface area contributed by atoms with Gasteiger partial charge in [0.1, 0.15) is 23.9 Å². The molecule has 0 spiro atoms. The van der Waals surface area contributed by atoms with Gasteiger partial charge in [-0.1, -0.05) is 64.1 Å². The molecular weight excluding hydrogens is 528 g/mol. The summed E-state index contributed by atoms with van der Waals surface area (Å²) >= 11 is 0. The third kappa shape index (κ3) is 8.14. The Bertz CT molecular complexity index is 1150. The summed E-state index contributed by atoms with van der Waals surface area (Å²) in [5, 5.41) is 27.3. The lowest BCUT2D eigenvalue weighted by atomic mass is 10.0. The third-order valence-electron chi connectivity index (χ3n) is 6.01. The molecule has 1 unspecified atom stereocenters. The molecule has 12 heteroatoms. The van der Waals surface area contributed by atoms with E-state index in [-0.39, 0.29) is 24.3 Å². The van der Waals surface area contributed by atoms with Crippen molar-refractivity contribution in [3.05, 3.63) is 65.7 Å². The molecule has 4 atom stereocenters. The van der Waals surface area contributed by atoms with E-state index in [0.717, 1.165) is 11.1 Å². The Balaban J connectivity index is 1.81. The molecular formula is C26H32N4O6S2. The summed E-state index contributed by atoms with van der Waals surface area (Å²) in [7, 11) is 2.43. The quantitative estimate of drug-likeness (QED) is 0.272. The Morgan fingerprint density at radius 2 is 1.71 bits per heavy atom. The first kappa shape index (κ1) is 29.3. The standard InChI is InChI=1S/C26H32N4O6S2/c1-26(2)21(25(35)36)30-23(33)19(13-15-6-4-3-5-7-15)28-24(34)20(14-37-38-26)29-22(32)18(27)12-16-8-10-17(31)11-9-16/h3-11,18-21,31H,12-14,27H2,1-2H3,(H,28,34)(H,29,32)(H,30,33)(H,35,36)/t18-,19?,20+,21-/m0/s1. The van der Waals surface area contributed by atoms with Crippen molar-refractivity contribution in [2.75, 3.05) is 5.75 Å². The van der Waals surface area contributed by atoms with E-state index in [4.69, 9.17) is 5.73 Å². The number of benzene rings is 2. The van der Waals surface area contributed by atoms with Crippen molar-refractivity contribution in [2.24, 2.45) is 5.73 Å². The number of amides is 3. The maximum atomic E-state index is 13.3. The molecule has 0 aliphatic carbocycles. The minimum atomic E-state index is -1.22. The van der Waals surface area contributed by atoms with Crippen LogP contribution >= 0.6 is 21.6 Å². The van der Waals surface area contributed by atoms with Gasteiger partial charge in [0, 0.05) is 12.2 Å². The monoisotopic (exact) mass is 560 g/mol. The average molecular weight is 561 g/mol. The van der Waals surface area contributed by atoms with Gasteiger partial charge in [-0.25, -0.2) is 4.79 Å². The second-order valence-corrected chi connectivity index (χ2v) is 12.5. The second kappa shape index (κ2) is 13.0. The SMILES string of the molecule is CC1(C)SSC[C@@H](NC(=O)[C@@H](N)Cc2ccc(O)cc2)C(=O)NC(Cc2ccccc2)C(=O)N[C@H]1C(=O)O. The summed E-state index contributed by atoms with van der Waals surface area (Å²) in [6.45, 7) is 3.40. The van der Waals surface area contributed by atoms with Gasteiger partial charge in [-0.2, -0.15) is 0 Å². The maximum Gasteiger partial charge on any atom is 0.327 e. The molecule has 0 radical (unpaired) electrons.